The smallest absolute Gasteiger partial charge is 0.308 e. The van der Waals surface area contributed by atoms with Crippen molar-refractivity contribution in [3.8, 4) is 11.5 Å². The molecule has 32 heavy (non-hydrogen) atoms. The maximum atomic E-state index is 12.5. The number of methoxy groups -OCH3 is 2. The number of likely N-dealkylation sites (N-methyl/N-ethyl adjacent to an activating group) is 1. The molecule has 0 atom stereocenters. The second-order valence-electron chi connectivity index (χ2n) is 7.08. The molecule has 0 fully saturated rings. The van der Waals surface area contributed by atoms with Gasteiger partial charge in [-0.25, -0.2) is 0 Å². The molecule has 172 valence electrons. The highest BCUT2D eigenvalue weighted by atomic mass is 16.5. The van der Waals surface area contributed by atoms with Crippen molar-refractivity contribution >= 4 is 17.8 Å². The first-order chi connectivity index (χ1) is 15.4. The minimum atomic E-state index is -0.550. The molecule has 0 aliphatic heterocycles. The van der Waals surface area contributed by atoms with E-state index >= 15 is 0 Å². The summed E-state index contributed by atoms with van der Waals surface area (Å²) in [6, 6.07) is 12.6. The van der Waals surface area contributed by atoms with Crippen molar-refractivity contribution in [3.63, 3.8) is 0 Å². The van der Waals surface area contributed by atoms with Crippen LogP contribution in [0.15, 0.2) is 42.5 Å². The van der Waals surface area contributed by atoms with E-state index in [-0.39, 0.29) is 31.4 Å². The van der Waals surface area contributed by atoms with Gasteiger partial charge in [-0.3, -0.25) is 14.4 Å². The molecule has 0 radical (unpaired) electrons. The van der Waals surface area contributed by atoms with Crippen molar-refractivity contribution in [1.82, 2.24) is 10.2 Å². The van der Waals surface area contributed by atoms with Crippen LogP contribution in [-0.2, 0) is 20.9 Å². The Bertz CT molecular complexity index is 944. The number of esters is 1. The summed E-state index contributed by atoms with van der Waals surface area (Å²) in [7, 11) is 3.11. The van der Waals surface area contributed by atoms with Crippen LogP contribution in [0, 0.1) is 6.92 Å². The summed E-state index contributed by atoms with van der Waals surface area (Å²) >= 11 is 0. The number of carbonyl (C=O) groups excluding carboxylic acids is 3. The Kier molecular flexibility index (Phi) is 9.53. The van der Waals surface area contributed by atoms with Crippen molar-refractivity contribution in [2.45, 2.75) is 26.8 Å². The lowest BCUT2D eigenvalue weighted by atomic mass is 10.1. The molecule has 0 aliphatic rings. The molecule has 0 heterocycles. The summed E-state index contributed by atoms with van der Waals surface area (Å²) in [5, 5.41) is 2.69. The van der Waals surface area contributed by atoms with Gasteiger partial charge in [0.1, 0.15) is 0 Å². The summed E-state index contributed by atoms with van der Waals surface area (Å²) < 4.78 is 15.6. The van der Waals surface area contributed by atoms with Crippen LogP contribution in [0.5, 0.6) is 11.5 Å². The van der Waals surface area contributed by atoms with E-state index in [1.165, 1.54) is 0 Å². The van der Waals surface area contributed by atoms with Crippen molar-refractivity contribution in [2.75, 3.05) is 33.9 Å². The Morgan fingerprint density at radius 1 is 1.00 bits per heavy atom. The van der Waals surface area contributed by atoms with Crippen molar-refractivity contribution in [1.29, 1.82) is 0 Å². The van der Waals surface area contributed by atoms with Gasteiger partial charge in [0.2, 0.25) is 0 Å². The standard InChI is InChI=1S/C24H30N2O6/c1-5-26(15-18-10-11-20(30-3)21(14-18)31-4)22(27)16-32-23(28)12-13-25-24(29)19-9-7-6-8-17(19)2/h6-11,14H,5,12-13,15-16H2,1-4H3,(H,25,29). The second kappa shape index (κ2) is 12.3. The molecule has 2 aromatic carbocycles. The molecule has 0 saturated heterocycles. The zero-order valence-corrected chi connectivity index (χ0v) is 19.0. The zero-order valence-electron chi connectivity index (χ0n) is 19.0. The highest BCUT2D eigenvalue weighted by Gasteiger charge is 2.16. The molecule has 0 unspecified atom stereocenters. The second-order valence-corrected chi connectivity index (χ2v) is 7.08. The Hall–Kier alpha value is -3.55. The maximum absolute atomic E-state index is 12.5. The minimum Gasteiger partial charge on any atom is -0.493 e. The first-order valence-corrected chi connectivity index (χ1v) is 10.4. The lowest BCUT2D eigenvalue weighted by molar-refractivity contribution is -0.152. The Morgan fingerprint density at radius 2 is 1.72 bits per heavy atom. The van der Waals surface area contributed by atoms with Gasteiger partial charge >= 0.3 is 5.97 Å². The van der Waals surface area contributed by atoms with Crippen LogP contribution in [0.1, 0.15) is 34.8 Å². The third kappa shape index (κ3) is 7.01. The predicted octanol–water partition coefficient (Wildman–Crippen LogP) is 2.72. The number of amides is 2. The van der Waals surface area contributed by atoms with E-state index in [0.29, 0.717) is 30.2 Å². The molecule has 0 spiro atoms. The van der Waals surface area contributed by atoms with Gasteiger partial charge in [0, 0.05) is 25.2 Å². The molecular weight excluding hydrogens is 412 g/mol. The van der Waals surface area contributed by atoms with E-state index in [0.717, 1.165) is 11.1 Å². The summed E-state index contributed by atoms with van der Waals surface area (Å²) in [6.45, 7) is 4.27. The molecule has 1 N–H and O–H groups in total. The van der Waals surface area contributed by atoms with Gasteiger partial charge in [0.25, 0.3) is 11.8 Å². The normalized spacial score (nSPS) is 10.2. The van der Waals surface area contributed by atoms with Crippen LogP contribution >= 0.6 is 0 Å². The van der Waals surface area contributed by atoms with E-state index in [1.807, 2.05) is 32.0 Å². The van der Waals surface area contributed by atoms with Gasteiger partial charge in [0.15, 0.2) is 18.1 Å². The quantitative estimate of drug-likeness (QED) is 0.538. The topological polar surface area (TPSA) is 94.2 Å². The summed E-state index contributed by atoms with van der Waals surface area (Å²) in [5.41, 5.74) is 2.28. The van der Waals surface area contributed by atoms with E-state index in [2.05, 4.69) is 5.32 Å². The Morgan fingerprint density at radius 3 is 2.38 bits per heavy atom. The number of rotatable bonds is 11. The van der Waals surface area contributed by atoms with Crippen LogP contribution in [-0.4, -0.2) is 56.6 Å². The molecule has 0 saturated carbocycles. The monoisotopic (exact) mass is 442 g/mol. The number of nitrogens with zero attached hydrogens (tertiary/aromatic N) is 1. The number of ether oxygens (including phenoxy) is 3. The lowest BCUT2D eigenvalue weighted by Crippen LogP contribution is -2.34. The number of hydrogen-bond acceptors (Lipinski definition) is 6. The molecule has 2 amide bonds. The Balaban J connectivity index is 1.79. The highest BCUT2D eigenvalue weighted by Crippen LogP contribution is 2.28. The number of nitrogens with one attached hydrogen (secondary N) is 1. The van der Waals surface area contributed by atoms with Crippen molar-refractivity contribution in [2.24, 2.45) is 0 Å². The van der Waals surface area contributed by atoms with E-state index in [9.17, 15) is 14.4 Å². The lowest BCUT2D eigenvalue weighted by Gasteiger charge is -2.21. The number of benzene rings is 2. The van der Waals surface area contributed by atoms with Gasteiger partial charge in [-0.1, -0.05) is 24.3 Å². The molecule has 8 nitrogen and oxygen atoms in total. The SMILES string of the molecule is CCN(Cc1ccc(OC)c(OC)c1)C(=O)COC(=O)CCNC(=O)c1ccccc1C. The van der Waals surface area contributed by atoms with Crippen molar-refractivity contribution < 1.29 is 28.6 Å². The fourth-order valence-electron chi connectivity index (χ4n) is 3.08. The number of hydrogen-bond donors (Lipinski definition) is 1. The third-order valence-corrected chi connectivity index (χ3v) is 4.92. The van der Waals surface area contributed by atoms with Gasteiger partial charge in [-0.2, -0.15) is 0 Å². The minimum absolute atomic E-state index is 0.0211. The molecular formula is C24H30N2O6. The van der Waals surface area contributed by atoms with Gasteiger partial charge < -0.3 is 24.4 Å². The number of carbonyl (C=O) groups is 3. The third-order valence-electron chi connectivity index (χ3n) is 4.92. The largest absolute Gasteiger partial charge is 0.493 e. The molecule has 8 heteroatoms. The maximum Gasteiger partial charge on any atom is 0.308 e. The Labute approximate surface area is 188 Å². The van der Waals surface area contributed by atoms with E-state index in [1.54, 1.807) is 43.4 Å². The predicted molar refractivity (Wildman–Crippen MR) is 120 cm³/mol. The molecule has 0 bridgehead atoms. The van der Waals surface area contributed by atoms with Crippen LogP contribution in [0.3, 0.4) is 0 Å². The van der Waals surface area contributed by atoms with Gasteiger partial charge in [-0.05, 0) is 43.2 Å². The zero-order chi connectivity index (χ0) is 23.5. The van der Waals surface area contributed by atoms with E-state index in [4.69, 9.17) is 14.2 Å². The fraction of sp³-hybridized carbons (Fsp3) is 0.375. The highest BCUT2D eigenvalue weighted by molar-refractivity contribution is 5.95. The molecule has 2 rings (SSSR count). The average molecular weight is 443 g/mol. The summed E-state index contributed by atoms with van der Waals surface area (Å²) in [5.74, 6) is 0.0750. The first kappa shape index (κ1) is 24.7. The van der Waals surface area contributed by atoms with Gasteiger partial charge in [-0.15, -0.1) is 0 Å². The average Bonchev–Trinajstić information content (AvgIpc) is 2.80. The van der Waals surface area contributed by atoms with Crippen LogP contribution in [0.4, 0.5) is 0 Å². The van der Waals surface area contributed by atoms with Gasteiger partial charge in [0.05, 0.1) is 20.6 Å². The summed E-state index contributed by atoms with van der Waals surface area (Å²) in [6.07, 6.45) is -0.0211. The molecule has 2 aromatic rings. The van der Waals surface area contributed by atoms with E-state index < -0.39 is 5.97 Å². The summed E-state index contributed by atoms with van der Waals surface area (Å²) in [4.78, 5) is 38.2. The molecule has 0 aromatic heterocycles. The van der Waals surface area contributed by atoms with Crippen LogP contribution in [0.2, 0.25) is 0 Å². The molecule has 0 aliphatic carbocycles. The first-order valence-electron chi connectivity index (χ1n) is 10.4. The van der Waals surface area contributed by atoms with Crippen molar-refractivity contribution in [3.05, 3.63) is 59.2 Å². The number of aryl methyl sites for hydroxylation is 1. The fourth-order valence-corrected chi connectivity index (χ4v) is 3.08. The van der Waals surface area contributed by atoms with Crippen LogP contribution < -0.4 is 14.8 Å². The van der Waals surface area contributed by atoms with Crippen LogP contribution in [0.25, 0.3) is 0 Å².